The summed E-state index contributed by atoms with van der Waals surface area (Å²) in [6.07, 6.45) is 2.45. The Morgan fingerprint density at radius 1 is 1.73 bits per heavy atom. The van der Waals surface area contributed by atoms with E-state index in [0.717, 1.165) is 5.75 Å². The molecule has 0 aromatic rings. The van der Waals surface area contributed by atoms with Crippen LogP contribution in [0.1, 0.15) is 6.42 Å². The van der Waals surface area contributed by atoms with Gasteiger partial charge in [-0.1, -0.05) is 0 Å². The zero-order valence-corrected chi connectivity index (χ0v) is 7.23. The fraction of sp³-hybridized carbons (Fsp3) is 0.833. The molecule has 0 saturated heterocycles. The van der Waals surface area contributed by atoms with E-state index < -0.39 is 12.0 Å². The molecule has 0 heterocycles. The van der Waals surface area contributed by atoms with Crippen LogP contribution in [-0.4, -0.2) is 41.0 Å². The van der Waals surface area contributed by atoms with Gasteiger partial charge in [-0.2, -0.15) is 11.8 Å². The van der Waals surface area contributed by atoms with E-state index in [1.165, 1.54) is 0 Å². The number of carboxylic acids is 1. The van der Waals surface area contributed by atoms with E-state index in [1.54, 1.807) is 11.8 Å². The average molecular weight is 179 g/mol. The van der Waals surface area contributed by atoms with Crippen molar-refractivity contribution in [2.45, 2.75) is 12.5 Å². The second-order valence-corrected chi connectivity index (χ2v) is 3.02. The Hall–Kier alpha value is -0.260. The molecule has 0 rings (SSSR count). The zero-order chi connectivity index (χ0) is 8.69. The largest absolute Gasteiger partial charge is 0.480 e. The lowest BCUT2D eigenvalue weighted by Crippen LogP contribution is -2.37. The molecule has 0 radical (unpaired) electrons. The lowest BCUT2D eigenvalue weighted by Gasteiger charge is -2.10. The van der Waals surface area contributed by atoms with E-state index in [0.29, 0.717) is 6.42 Å². The van der Waals surface area contributed by atoms with Crippen molar-refractivity contribution >= 4 is 17.7 Å². The zero-order valence-electron chi connectivity index (χ0n) is 6.41. The lowest BCUT2D eigenvalue weighted by atomic mass is 10.2. The monoisotopic (exact) mass is 179 g/mol. The second-order valence-electron chi connectivity index (χ2n) is 2.03. The highest BCUT2D eigenvalue weighted by atomic mass is 32.2. The first-order chi connectivity index (χ1) is 5.22. The van der Waals surface area contributed by atoms with Crippen LogP contribution in [-0.2, 0) is 4.79 Å². The highest BCUT2D eigenvalue weighted by molar-refractivity contribution is 7.98. The summed E-state index contributed by atoms with van der Waals surface area (Å²) in [5.74, 6) is -0.127. The van der Waals surface area contributed by atoms with Crippen molar-refractivity contribution in [3.8, 4) is 0 Å². The molecule has 3 N–H and O–H groups in total. The summed E-state index contributed by atoms with van der Waals surface area (Å²) < 4.78 is 0. The summed E-state index contributed by atoms with van der Waals surface area (Å²) in [6.45, 7) is -0.286. The number of aliphatic hydroxyl groups excluding tert-OH is 1. The van der Waals surface area contributed by atoms with Gasteiger partial charge in [0.2, 0.25) is 0 Å². The van der Waals surface area contributed by atoms with Crippen LogP contribution in [0, 0.1) is 0 Å². The number of aliphatic carboxylic acids is 1. The van der Waals surface area contributed by atoms with Crippen molar-refractivity contribution in [1.29, 1.82) is 0 Å². The van der Waals surface area contributed by atoms with Gasteiger partial charge < -0.3 is 10.2 Å². The van der Waals surface area contributed by atoms with Crippen LogP contribution in [0.5, 0.6) is 0 Å². The molecule has 1 atom stereocenters. The third-order valence-corrected chi connectivity index (χ3v) is 1.89. The maximum atomic E-state index is 10.4. The minimum atomic E-state index is -0.909. The minimum Gasteiger partial charge on any atom is -0.480 e. The van der Waals surface area contributed by atoms with E-state index in [9.17, 15) is 4.79 Å². The van der Waals surface area contributed by atoms with Gasteiger partial charge in [0, 0.05) is 0 Å². The SMILES string of the molecule is CSCCC(NCO)C(=O)O. The van der Waals surface area contributed by atoms with Gasteiger partial charge in [-0.25, -0.2) is 0 Å². The Labute approximate surface area is 70.0 Å². The highest BCUT2D eigenvalue weighted by Crippen LogP contribution is 2.00. The molecule has 0 saturated carbocycles. The van der Waals surface area contributed by atoms with Gasteiger partial charge in [0.05, 0.1) is 6.73 Å². The molecule has 0 aliphatic rings. The molecule has 0 aromatic carbocycles. The van der Waals surface area contributed by atoms with E-state index in [-0.39, 0.29) is 6.73 Å². The summed E-state index contributed by atoms with van der Waals surface area (Å²) in [5, 5.41) is 19.4. The number of hydrogen-bond acceptors (Lipinski definition) is 4. The standard InChI is InChI=1S/C6H13NO3S/c1-11-3-2-5(6(9)10)7-4-8/h5,7-8H,2-4H2,1H3,(H,9,10). The third-order valence-electron chi connectivity index (χ3n) is 1.25. The minimum absolute atomic E-state index is 0.286. The molecule has 11 heavy (non-hydrogen) atoms. The van der Waals surface area contributed by atoms with Crippen LogP contribution in [0.4, 0.5) is 0 Å². The molecule has 0 amide bonds. The van der Waals surface area contributed by atoms with Gasteiger partial charge >= 0.3 is 5.97 Å². The fourth-order valence-electron chi connectivity index (χ4n) is 0.659. The van der Waals surface area contributed by atoms with Gasteiger partial charge in [0.15, 0.2) is 0 Å². The Bertz CT molecular complexity index is 120. The van der Waals surface area contributed by atoms with Crippen molar-refractivity contribution in [2.75, 3.05) is 18.7 Å². The van der Waals surface area contributed by atoms with Crippen LogP contribution in [0.25, 0.3) is 0 Å². The number of aliphatic hydroxyl groups is 1. The Morgan fingerprint density at radius 2 is 2.36 bits per heavy atom. The molecule has 0 aromatic heterocycles. The van der Waals surface area contributed by atoms with Gasteiger partial charge in [-0.05, 0) is 18.4 Å². The molecule has 0 aliphatic carbocycles. The first kappa shape index (κ1) is 10.7. The molecule has 0 spiro atoms. The molecule has 5 heteroatoms. The summed E-state index contributed by atoms with van der Waals surface area (Å²) in [5.41, 5.74) is 0. The number of hydrogen-bond donors (Lipinski definition) is 3. The van der Waals surface area contributed by atoms with E-state index >= 15 is 0 Å². The summed E-state index contributed by atoms with van der Waals surface area (Å²) in [6, 6.07) is -0.618. The molecular weight excluding hydrogens is 166 g/mol. The van der Waals surface area contributed by atoms with E-state index in [2.05, 4.69) is 5.32 Å². The number of carboxylic acid groups (broad SMARTS) is 1. The maximum Gasteiger partial charge on any atom is 0.320 e. The van der Waals surface area contributed by atoms with Crippen LogP contribution in [0.15, 0.2) is 0 Å². The molecule has 0 bridgehead atoms. The van der Waals surface area contributed by atoms with Gasteiger partial charge in [-0.3, -0.25) is 10.1 Å². The summed E-state index contributed by atoms with van der Waals surface area (Å²) >= 11 is 1.59. The molecule has 66 valence electrons. The predicted octanol–water partition coefficient (Wildman–Crippen LogP) is -0.268. The van der Waals surface area contributed by atoms with Crippen molar-refractivity contribution in [3.63, 3.8) is 0 Å². The van der Waals surface area contributed by atoms with Crippen LogP contribution in [0.2, 0.25) is 0 Å². The van der Waals surface area contributed by atoms with Crippen molar-refractivity contribution < 1.29 is 15.0 Å². The molecule has 4 nitrogen and oxygen atoms in total. The van der Waals surface area contributed by atoms with Crippen LogP contribution in [0.3, 0.4) is 0 Å². The van der Waals surface area contributed by atoms with Crippen molar-refractivity contribution in [2.24, 2.45) is 0 Å². The summed E-state index contributed by atoms with van der Waals surface area (Å²) in [4.78, 5) is 10.4. The molecule has 0 aliphatic heterocycles. The quantitative estimate of drug-likeness (QED) is 0.490. The van der Waals surface area contributed by atoms with E-state index in [1.807, 2.05) is 6.26 Å². The number of carbonyl (C=O) groups is 1. The Kier molecular flexibility index (Phi) is 6.30. The highest BCUT2D eigenvalue weighted by Gasteiger charge is 2.14. The van der Waals surface area contributed by atoms with Crippen molar-refractivity contribution in [3.05, 3.63) is 0 Å². The third kappa shape index (κ3) is 5.06. The van der Waals surface area contributed by atoms with Gasteiger partial charge in [0.25, 0.3) is 0 Å². The van der Waals surface area contributed by atoms with Gasteiger partial charge in [-0.15, -0.1) is 0 Å². The van der Waals surface area contributed by atoms with Crippen LogP contribution < -0.4 is 5.32 Å². The fourth-order valence-corrected chi connectivity index (χ4v) is 1.13. The average Bonchev–Trinajstić information content (AvgIpc) is 1.97. The van der Waals surface area contributed by atoms with Gasteiger partial charge in [0.1, 0.15) is 6.04 Å². The number of nitrogens with one attached hydrogen (secondary N) is 1. The maximum absolute atomic E-state index is 10.4. The van der Waals surface area contributed by atoms with Crippen molar-refractivity contribution in [1.82, 2.24) is 5.32 Å². The smallest absolute Gasteiger partial charge is 0.320 e. The molecular formula is C6H13NO3S. The Balaban J connectivity index is 3.60. The topological polar surface area (TPSA) is 69.6 Å². The Morgan fingerprint density at radius 3 is 2.73 bits per heavy atom. The second kappa shape index (κ2) is 6.45. The lowest BCUT2D eigenvalue weighted by molar-refractivity contribution is -0.139. The normalized spacial score (nSPS) is 12.9. The number of rotatable bonds is 6. The molecule has 1 unspecified atom stereocenters. The van der Waals surface area contributed by atoms with Crippen LogP contribution >= 0.6 is 11.8 Å². The summed E-state index contributed by atoms with van der Waals surface area (Å²) in [7, 11) is 0. The molecule has 0 fully saturated rings. The predicted molar refractivity (Wildman–Crippen MR) is 44.6 cm³/mol. The number of thioether (sulfide) groups is 1. The first-order valence-corrected chi connectivity index (χ1v) is 4.67. The van der Waals surface area contributed by atoms with E-state index in [4.69, 9.17) is 10.2 Å². The first-order valence-electron chi connectivity index (χ1n) is 3.28.